The Morgan fingerprint density at radius 3 is 2.53 bits per heavy atom. The van der Waals surface area contributed by atoms with Crippen molar-refractivity contribution in [2.75, 3.05) is 5.01 Å². The van der Waals surface area contributed by atoms with Crippen LogP contribution in [0, 0.1) is 0 Å². The van der Waals surface area contributed by atoms with Crippen molar-refractivity contribution in [1.29, 1.82) is 0 Å². The molecule has 0 radical (unpaired) electrons. The van der Waals surface area contributed by atoms with E-state index in [2.05, 4.69) is 21.4 Å². The highest BCUT2D eigenvalue weighted by molar-refractivity contribution is 9.10. The van der Waals surface area contributed by atoms with Crippen molar-refractivity contribution in [3.63, 3.8) is 0 Å². The fourth-order valence-electron chi connectivity index (χ4n) is 3.16. The van der Waals surface area contributed by atoms with Crippen LogP contribution < -0.4 is 15.2 Å². The molecule has 1 saturated heterocycles. The average molecular weight is 493 g/mol. The summed E-state index contributed by atoms with van der Waals surface area (Å²) in [6, 6.07) is 20.5. The number of carboxylic acids is 1. The van der Waals surface area contributed by atoms with Gasteiger partial charge in [0, 0.05) is 0 Å². The number of hydrazine groups is 1. The smallest absolute Gasteiger partial charge is 0.335 e. The molecule has 3 aromatic rings. The van der Waals surface area contributed by atoms with Crippen LogP contribution in [0.15, 0.2) is 82.8 Å². The van der Waals surface area contributed by atoms with Crippen LogP contribution in [-0.2, 0) is 16.2 Å². The average Bonchev–Trinajstić information content (AvgIpc) is 3.07. The lowest BCUT2D eigenvalue weighted by molar-refractivity contribution is -0.117. The summed E-state index contributed by atoms with van der Waals surface area (Å²) in [6.07, 6.45) is 1.52. The van der Waals surface area contributed by atoms with Crippen LogP contribution >= 0.6 is 15.9 Å². The Balaban J connectivity index is 1.49. The molecule has 2 amide bonds. The molecule has 1 aliphatic rings. The second-order valence-corrected chi connectivity index (χ2v) is 7.81. The van der Waals surface area contributed by atoms with Crippen LogP contribution in [0.3, 0.4) is 0 Å². The molecule has 0 saturated carbocycles. The second kappa shape index (κ2) is 9.07. The van der Waals surface area contributed by atoms with Gasteiger partial charge >= 0.3 is 5.97 Å². The molecular formula is C24H17BrN2O5. The van der Waals surface area contributed by atoms with Crippen LogP contribution in [0.2, 0.25) is 0 Å². The van der Waals surface area contributed by atoms with Crippen molar-refractivity contribution in [3.05, 3.63) is 99.5 Å². The molecule has 0 aliphatic carbocycles. The molecule has 3 aromatic carbocycles. The number of ether oxygens (including phenoxy) is 1. The van der Waals surface area contributed by atoms with E-state index in [1.807, 2.05) is 6.07 Å². The summed E-state index contributed by atoms with van der Waals surface area (Å²) < 4.78 is 6.42. The van der Waals surface area contributed by atoms with Crippen LogP contribution in [-0.4, -0.2) is 22.9 Å². The van der Waals surface area contributed by atoms with E-state index in [0.717, 1.165) is 5.56 Å². The second-order valence-electron chi connectivity index (χ2n) is 6.96. The molecule has 7 nitrogen and oxygen atoms in total. The Bertz CT molecular complexity index is 1240. The van der Waals surface area contributed by atoms with Gasteiger partial charge in [-0.15, -0.1) is 0 Å². The Labute approximate surface area is 192 Å². The third-order valence-electron chi connectivity index (χ3n) is 4.74. The van der Waals surface area contributed by atoms with E-state index in [1.165, 1.54) is 17.2 Å². The number of nitrogens with zero attached hydrogens (tertiary/aromatic N) is 1. The van der Waals surface area contributed by atoms with Gasteiger partial charge in [0.05, 0.1) is 15.7 Å². The summed E-state index contributed by atoms with van der Waals surface area (Å²) in [5.41, 5.74) is 4.72. The maximum absolute atomic E-state index is 12.7. The van der Waals surface area contributed by atoms with Crippen molar-refractivity contribution >= 4 is 45.5 Å². The van der Waals surface area contributed by atoms with Gasteiger partial charge in [-0.2, -0.15) is 0 Å². The number of amides is 2. The zero-order valence-corrected chi connectivity index (χ0v) is 18.2. The molecule has 0 atom stereocenters. The predicted octanol–water partition coefficient (Wildman–Crippen LogP) is 4.19. The van der Waals surface area contributed by atoms with Crippen molar-refractivity contribution in [3.8, 4) is 5.75 Å². The number of rotatable bonds is 6. The van der Waals surface area contributed by atoms with E-state index in [9.17, 15) is 14.4 Å². The van der Waals surface area contributed by atoms with Crippen molar-refractivity contribution in [2.24, 2.45) is 0 Å². The molecule has 0 bridgehead atoms. The summed E-state index contributed by atoms with van der Waals surface area (Å²) in [4.78, 5) is 36.1. The van der Waals surface area contributed by atoms with E-state index >= 15 is 0 Å². The highest BCUT2D eigenvalue weighted by Crippen LogP contribution is 2.29. The number of carbonyl (C=O) groups excluding carboxylic acids is 2. The Kier molecular flexibility index (Phi) is 6.04. The number of hydrogen-bond acceptors (Lipinski definition) is 4. The van der Waals surface area contributed by atoms with Gasteiger partial charge in [0.2, 0.25) is 0 Å². The summed E-state index contributed by atoms with van der Waals surface area (Å²) in [6.45, 7) is 0.188. The molecule has 2 N–H and O–H groups in total. The van der Waals surface area contributed by atoms with Crippen LogP contribution in [0.5, 0.6) is 5.75 Å². The Morgan fingerprint density at radius 2 is 1.81 bits per heavy atom. The molecule has 0 spiro atoms. The van der Waals surface area contributed by atoms with Gasteiger partial charge in [-0.1, -0.05) is 36.4 Å². The Morgan fingerprint density at radius 1 is 1.03 bits per heavy atom. The molecule has 8 heteroatoms. The van der Waals surface area contributed by atoms with Crippen molar-refractivity contribution < 1.29 is 24.2 Å². The van der Waals surface area contributed by atoms with Gasteiger partial charge in [0.1, 0.15) is 17.9 Å². The molecule has 1 aliphatic heterocycles. The predicted molar refractivity (Wildman–Crippen MR) is 122 cm³/mol. The Hall–Kier alpha value is -3.91. The highest BCUT2D eigenvalue weighted by Gasteiger charge is 2.34. The number of para-hydroxylation sites is 1. The zero-order chi connectivity index (χ0) is 22.7. The van der Waals surface area contributed by atoms with Gasteiger partial charge in [0.25, 0.3) is 11.8 Å². The number of aromatic carboxylic acids is 1. The zero-order valence-electron chi connectivity index (χ0n) is 16.6. The van der Waals surface area contributed by atoms with Crippen molar-refractivity contribution in [1.82, 2.24) is 5.43 Å². The van der Waals surface area contributed by atoms with E-state index in [-0.39, 0.29) is 17.7 Å². The fraction of sp³-hybridized carbons (Fsp3) is 0.0417. The molecule has 160 valence electrons. The lowest BCUT2D eigenvalue weighted by atomic mass is 10.1. The molecule has 1 fully saturated rings. The number of hydrogen-bond donors (Lipinski definition) is 2. The number of benzene rings is 3. The largest absolute Gasteiger partial charge is 0.488 e. The lowest BCUT2D eigenvalue weighted by Crippen LogP contribution is -2.35. The molecule has 32 heavy (non-hydrogen) atoms. The number of anilines is 1. The first-order valence-corrected chi connectivity index (χ1v) is 10.4. The first-order chi connectivity index (χ1) is 15.4. The molecule has 0 unspecified atom stereocenters. The monoisotopic (exact) mass is 492 g/mol. The minimum Gasteiger partial charge on any atom is -0.488 e. The first kappa shape index (κ1) is 21.3. The maximum atomic E-state index is 12.7. The quantitative estimate of drug-likeness (QED) is 0.397. The maximum Gasteiger partial charge on any atom is 0.335 e. The molecular weight excluding hydrogens is 476 g/mol. The van der Waals surface area contributed by atoms with Crippen LogP contribution in [0.1, 0.15) is 21.5 Å². The number of nitrogens with one attached hydrogen (secondary N) is 1. The van der Waals surface area contributed by atoms with E-state index in [4.69, 9.17) is 9.84 Å². The van der Waals surface area contributed by atoms with Gasteiger partial charge in [-0.05, 0) is 69.5 Å². The van der Waals surface area contributed by atoms with Crippen LogP contribution in [0.25, 0.3) is 6.08 Å². The minimum absolute atomic E-state index is 0.0277. The molecule has 4 rings (SSSR count). The first-order valence-electron chi connectivity index (χ1n) is 9.59. The normalized spacial score (nSPS) is 14.5. The van der Waals surface area contributed by atoms with Gasteiger partial charge in [-0.3, -0.25) is 15.0 Å². The summed E-state index contributed by atoms with van der Waals surface area (Å²) in [5.74, 6) is -1.37. The third-order valence-corrected chi connectivity index (χ3v) is 5.36. The van der Waals surface area contributed by atoms with E-state index in [1.54, 1.807) is 60.7 Å². The van der Waals surface area contributed by atoms with Gasteiger partial charge < -0.3 is 9.84 Å². The van der Waals surface area contributed by atoms with Gasteiger partial charge in [-0.25, -0.2) is 9.80 Å². The summed E-state index contributed by atoms with van der Waals surface area (Å²) >= 11 is 3.44. The SMILES string of the molecule is O=C1NN(c2ccccc2)C(=O)C1=Cc1ccc(OCc2cccc(C(=O)O)c2)c(Br)c1. The number of halogens is 1. The molecule has 1 heterocycles. The van der Waals surface area contributed by atoms with E-state index in [0.29, 0.717) is 21.5 Å². The lowest BCUT2D eigenvalue weighted by Gasteiger charge is -2.13. The summed E-state index contributed by atoms with van der Waals surface area (Å²) in [7, 11) is 0. The van der Waals surface area contributed by atoms with Crippen LogP contribution in [0.4, 0.5) is 5.69 Å². The molecule has 0 aromatic heterocycles. The summed E-state index contributed by atoms with van der Waals surface area (Å²) in [5, 5.41) is 10.3. The highest BCUT2D eigenvalue weighted by atomic mass is 79.9. The topological polar surface area (TPSA) is 95.9 Å². The third kappa shape index (κ3) is 4.55. The minimum atomic E-state index is -0.998. The fourth-order valence-corrected chi connectivity index (χ4v) is 3.67. The van der Waals surface area contributed by atoms with E-state index < -0.39 is 17.8 Å². The number of carbonyl (C=O) groups is 3. The van der Waals surface area contributed by atoms with Gasteiger partial charge in [0.15, 0.2) is 0 Å². The standard InChI is InChI=1S/C24H17BrN2O5/c25-20-13-15(9-10-21(20)32-14-16-5-4-6-17(11-16)24(30)31)12-19-22(28)26-27(23(19)29)18-7-2-1-3-8-18/h1-13H,14H2,(H,26,28)(H,30,31). The number of carboxylic acid groups (broad SMARTS) is 1. The van der Waals surface area contributed by atoms with Crippen molar-refractivity contribution in [2.45, 2.75) is 6.61 Å².